The summed E-state index contributed by atoms with van der Waals surface area (Å²) in [5, 5.41) is 2.35. The summed E-state index contributed by atoms with van der Waals surface area (Å²) in [5.74, 6) is 0.899. The van der Waals surface area contributed by atoms with Crippen molar-refractivity contribution in [3.8, 4) is 5.75 Å². The van der Waals surface area contributed by atoms with Crippen LogP contribution >= 0.6 is 12.2 Å². The Bertz CT molecular complexity index is 413. The highest BCUT2D eigenvalue weighted by Gasteiger charge is 2.22. The first kappa shape index (κ1) is 15.8. The molecule has 1 saturated heterocycles. The lowest BCUT2D eigenvalue weighted by atomic mass is 10.3. The third-order valence-corrected chi connectivity index (χ3v) is 3.08. The molecule has 0 spiro atoms. The summed E-state index contributed by atoms with van der Waals surface area (Å²) in [6, 6.07) is 7.64. The molecule has 3 nitrogen and oxygen atoms in total. The number of rotatable bonds is 4. The number of likely N-dealkylation sites (tertiary alicyclic amines) is 1. The highest BCUT2D eigenvalue weighted by molar-refractivity contribution is 7.78. The molecule has 0 N–H and O–H groups in total. The molecule has 104 valence electrons. The van der Waals surface area contributed by atoms with E-state index in [9.17, 15) is 0 Å². The molecular weight excluding hydrogens is 256 g/mol. The second kappa shape index (κ2) is 8.81. The number of nitrogens with zero attached hydrogens (tertiary/aromatic N) is 2. The summed E-state index contributed by atoms with van der Waals surface area (Å²) in [7, 11) is 0. The van der Waals surface area contributed by atoms with E-state index in [0.29, 0.717) is 6.10 Å². The van der Waals surface area contributed by atoms with Crippen LogP contribution in [-0.2, 0) is 0 Å². The molecule has 1 aromatic carbocycles. The van der Waals surface area contributed by atoms with Gasteiger partial charge in [-0.2, -0.15) is 4.99 Å². The van der Waals surface area contributed by atoms with Gasteiger partial charge in [-0.25, -0.2) is 0 Å². The molecule has 1 aromatic rings. The lowest BCUT2D eigenvalue weighted by Crippen LogP contribution is -2.24. The van der Waals surface area contributed by atoms with E-state index in [-0.39, 0.29) is 0 Å². The Morgan fingerprint density at radius 3 is 2.58 bits per heavy atom. The number of hydrogen-bond donors (Lipinski definition) is 0. The van der Waals surface area contributed by atoms with Gasteiger partial charge in [0.25, 0.3) is 0 Å². The van der Waals surface area contributed by atoms with Gasteiger partial charge in [0.1, 0.15) is 11.9 Å². The van der Waals surface area contributed by atoms with Crippen molar-refractivity contribution in [2.24, 2.45) is 4.99 Å². The van der Waals surface area contributed by atoms with Gasteiger partial charge in [0, 0.05) is 13.1 Å². The minimum atomic E-state index is 0.315. The largest absolute Gasteiger partial charge is 0.489 e. The molecule has 0 aromatic heterocycles. The summed E-state index contributed by atoms with van der Waals surface area (Å²) in [5.41, 5.74) is 0.814. The van der Waals surface area contributed by atoms with Gasteiger partial charge in [-0.15, -0.1) is 0 Å². The third-order valence-electron chi connectivity index (χ3n) is 2.99. The van der Waals surface area contributed by atoms with Crippen LogP contribution < -0.4 is 4.74 Å². The zero-order valence-corrected chi connectivity index (χ0v) is 12.7. The molecule has 0 saturated carbocycles. The average Bonchev–Trinajstić information content (AvgIpc) is 2.91. The van der Waals surface area contributed by atoms with Gasteiger partial charge in [0.2, 0.25) is 0 Å². The lowest BCUT2D eigenvalue weighted by Gasteiger charge is -2.15. The van der Waals surface area contributed by atoms with Crippen LogP contribution in [0.5, 0.6) is 5.75 Å². The standard InChI is InChI=1S/C13H16N2OS.C2H6/c1-2-15-8-7-13(9-15)16-12-5-3-11(4-6-12)14-10-17;1-2/h3-6,13H,2,7-9H2,1H3;1-2H3. The maximum atomic E-state index is 5.91. The Balaban J connectivity index is 0.000000861. The maximum Gasteiger partial charge on any atom is 0.119 e. The van der Waals surface area contributed by atoms with E-state index in [1.807, 2.05) is 38.1 Å². The quantitative estimate of drug-likeness (QED) is 0.616. The normalized spacial score (nSPS) is 18.2. The molecule has 0 radical (unpaired) electrons. The Kier molecular flexibility index (Phi) is 7.34. The summed E-state index contributed by atoms with van der Waals surface area (Å²) in [6.07, 6.45) is 1.42. The number of aliphatic imine (C=N–C) groups is 1. The van der Waals surface area contributed by atoms with Gasteiger partial charge < -0.3 is 4.74 Å². The average molecular weight is 278 g/mol. The first-order chi connectivity index (χ1) is 9.31. The summed E-state index contributed by atoms with van der Waals surface area (Å²) in [4.78, 5) is 6.30. The minimum absolute atomic E-state index is 0.315. The molecule has 1 heterocycles. The van der Waals surface area contributed by atoms with Crippen molar-refractivity contribution in [1.29, 1.82) is 0 Å². The van der Waals surface area contributed by atoms with Crippen molar-refractivity contribution in [1.82, 2.24) is 4.90 Å². The van der Waals surface area contributed by atoms with Crippen LogP contribution in [0.4, 0.5) is 5.69 Å². The van der Waals surface area contributed by atoms with Crippen LogP contribution in [0, 0.1) is 0 Å². The fraction of sp³-hybridized carbons (Fsp3) is 0.533. The molecule has 4 heteroatoms. The molecule has 1 aliphatic heterocycles. The van der Waals surface area contributed by atoms with Crippen molar-refractivity contribution in [2.75, 3.05) is 19.6 Å². The van der Waals surface area contributed by atoms with Crippen LogP contribution in [0.1, 0.15) is 27.2 Å². The van der Waals surface area contributed by atoms with Crippen molar-refractivity contribution < 1.29 is 4.74 Å². The van der Waals surface area contributed by atoms with E-state index in [1.54, 1.807) is 0 Å². The molecule has 1 aliphatic rings. The van der Waals surface area contributed by atoms with E-state index in [1.165, 1.54) is 0 Å². The van der Waals surface area contributed by atoms with Crippen molar-refractivity contribution >= 4 is 23.1 Å². The van der Waals surface area contributed by atoms with Crippen LogP contribution in [0.3, 0.4) is 0 Å². The Morgan fingerprint density at radius 1 is 1.37 bits per heavy atom. The van der Waals surface area contributed by atoms with E-state index in [0.717, 1.165) is 37.5 Å². The number of benzene rings is 1. The molecule has 0 amide bonds. The first-order valence-corrected chi connectivity index (χ1v) is 7.29. The predicted octanol–water partition coefficient (Wildman–Crippen LogP) is 3.92. The van der Waals surface area contributed by atoms with Crippen molar-refractivity contribution in [3.63, 3.8) is 0 Å². The zero-order chi connectivity index (χ0) is 14.1. The Hall–Kier alpha value is -1.22. The molecule has 19 heavy (non-hydrogen) atoms. The molecule has 1 fully saturated rings. The van der Waals surface area contributed by atoms with Crippen LogP contribution in [0.25, 0.3) is 0 Å². The molecule has 2 rings (SSSR count). The fourth-order valence-corrected chi connectivity index (χ4v) is 2.13. The van der Waals surface area contributed by atoms with Gasteiger partial charge in [-0.05, 0) is 49.4 Å². The Morgan fingerprint density at radius 2 is 2.05 bits per heavy atom. The fourth-order valence-electron chi connectivity index (χ4n) is 2.02. The highest BCUT2D eigenvalue weighted by Crippen LogP contribution is 2.21. The van der Waals surface area contributed by atoms with Gasteiger partial charge in [-0.3, -0.25) is 4.90 Å². The van der Waals surface area contributed by atoms with E-state index < -0.39 is 0 Å². The second-order valence-electron chi connectivity index (χ2n) is 4.12. The third kappa shape index (κ3) is 5.11. The first-order valence-electron chi connectivity index (χ1n) is 6.88. The van der Waals surface area contributed by atoms with Crippen LogP contribution in [0.15, 0.2) is 29.3 Å². The van der Waals surface area contributed by atoms with Gasteiger partial charge >= 0.3 is 0 Å². The monoisotopic (exact) mass is 278 g/mol. The summed E-state index contributed by atoms with van der Waals surface area (Å²) in [6.45, 7) is 9.44. The topological polar surface area (TPSA) is 24.8 Å². The number of isothiocyanates is 1. The van der Waals surface area contributed by atoms with E-state index in [4.69, 9.17) is 4.74 Å². The maximum absolute atomic E-state index is 5.91. The zero-order valence-electron chi connectivity index (χ0n) is 11.9. The van der Waals surface area contributed by atoms with Gasteiger partial charge in [0.15, 0.2) is 0 Å². The summed E-state index contributed by atoms with van der Waals surface area (Å²) < 4.78 is 5.91. The summed E-state index contributed by atoms with van der Waals surface area (Å²) >= 11 is 4.56. The molecule has 1 unspecified atom stereocenters. The minimum Gasteiger partial charge on any atom is -0.489 e. The van der Waals surface area contributed by atoms with E-state index in [2.05, 4.69) is 34.2 Å². The second-order valence-corrected chi connectivity index (χ2v) is 4.30. The highest BCUT2D eigenvalue weighted by atomic mass is 32.1. The van der Waals surface area contributed by atoms with Gasteiger partial charge in [-0.1, -0.05) is 20.8 Å². The predicted molar refractivity (Wildman–Crippen MR) is 83.6 cm³/mol. The smallest absolute Gasteiger partial charge is 0.119 e. The Labute approximate surface area is 121 Å². The SMILES string of the molecule is CC.CCN1CCC(Oc2ccc(N=C=S)cc2)C1. The molecule has 1 atom stereocenters. The van der Waals surface area contributed by atoms with Gasteiger partial charge in [0.05, 0.1) is 10.8 Å². The van der Waals surface area contributed by atoms with Crippen molar-refractivity contribution in [3.05, 3.63) is 24.3 Å². The van der Waals surface area contributed by atoms with E-state index >= 15 is 0 Å². The van der Waals surface area contributed by atoms with Crippen LogP contribution in [-0.4, -0.2) is 35.8 Å². The number of ether oxygens (including phenoxy) is 1. The van der Waals surface area contributed by atoms with Crippen LogP contribution in [0.2, 0.25) is 0 Å². The number of hydrogen-bond acceptors (Lipinski definition) is 4. The number of likely N-dealkylation sites (N-methyl/N-ethyl adjacent to an activating group) is 1. The van der Waals surface area contributed by atoms with Crippen molar-refractivity contribution in [2.45, 2.75) is 33.3 Å². The number of thiocarbonyl (C=S) groups is 1. The molecule has 0 aliphatic carbocycles. The molecular formula is C15H22N2OS. The lowest BCUT2D eigenvalue weighted by molar-refractivity contribution is 0.202. The molecule has 0 bridgehead atoms.